The minimum Gasteiger partial charge on any atom is -0.330 e. The Labute approximate surface area is 93.0 Å². The lowest BCUT2D eigenvalue weighted by molar-refractivity contribution is -0.133. The molecule has 0 bridgehead atoms. The van der Waals surface area contributed by atoms with Crippen LogP contribution in [-0.4, -0.2) is 43.2 Å². The van der Waals surface area contributed by atoms with Gasteiger partial charge in [-0.3, -0.25) is 4.79 Å². The van der Waals surface area contributed by atoms with E-state index in [-0.39, 0.29) is 13.1 Å². The molecule has 0 radical (unpaired) electrons. The zero-order valence-electron chi connectivity index (χ0n) is 9.10. The summed E-state index contributed by atoms with van der Waals surface area (Å²) in [6, 6.07) is 0. The summed E-state index contributed by atoms with van der Waals surface area (Å²) >= 11 is 0. The maximum atomic E-state index is 11.8. The third-order valence-electron chi connectivity index (χ3n) is 1.73. The molecule has 16 heavy (non-hydrogen) atoms. The maximum absolute atomic E-state index is 11.8. The molecule has 0 spiro atoms. The third-order valence-corrected chi connectivity index (χ3v) is 1.73. The van der Waals surface area contributed by atoms with Gasteiger partial charge in [-0.1, -0.05) is 12.8 Å². The Morgan fingerprint density at radius 1 is 1.50 bits per heavy atom. The SMILES string of the molecule is C#CCN(CCC)C(=O)CNCC(F)(F)F. The topological polar surface area (TPSA) is 32.3 Å². The second-order valence-electron chi connectivity index (χ2n) is 3.24. The van der Waals surface area contributed by atoms with E-state index in [1.807, 2.05) is 12.2 Å². The maximum Gasteiger partial charge on any atom is 0.401 e. The molecule has 0 fully saturated rings. The second-order valence-corrected chi connectivity index (χ2v) is 3.24. The first-order valence-electron chi connectivity index (χ1n) is 4.89. The van der Waals surface area contributed by atoms with E-state index < -0.39 is 18.6 Å². The van der Waals surface area contributed by atoms with Gasteiger partial charge in [0.05, 0.1) is 19.6 Å². The lowest BCUT2D eigenvalue weighted by atomic mass is 10.3. The molecule has 0 aromatic carbocycles. The van der Waals surface area contributed by atoms with Crippen LogP contribution in [0.3, 0.4) is 0 Å². The summed E-state index contributed by atoms with van der Waals surface area (Å²) in [5.41, 5.74) is 0. The van der Waals surface area contributed by atoms with E-state index in [0.29, 0.717) is 13.0 Å². The van der Waals surface area contributed by atoms with Crippen molar-refractivity contribution in [3.8, 4) is 12.3 Å². The highest BCUT2D eigenvalue weighted by molar-refractivity contribution is 5.78. The Morgan fingerprint density at radius 2 is 2.12 bits per heavy atom. The second kappa shape index (κ2) is 7.12. The van der Waals surface area contributed by atoms with E-state index in [4.69, 9.17) is 6.42 Å². The van der Waals surface area contributed by atoms with Gasteiger partial charge in [0.25, 0.3) is 0 Å². The van der Waals surface area contributed by atoms with Crippen molar-refractivity contribution < 1.29 is 18.0 Å². The van der Waals surface area contributed by atoms with Crippen LogP contribution in [-0.2, 0) is 4.79 Å². The van der Waals surface area contributed by atoms with Gasteiger partial charge < -0.3 is 10.2 Å². The summed E-state index contributed by atoms with van der Waals surface area (Å²) < 4.78 is 35.4. The Hall–Kier alpha value is -1.22. The molecule has 0 aliphatic carbocycles. The van der Waals surface area contributed by atoms with Crippen molar-refractivity contribution in [1.82, 2.24) is 10.2 Å². The number of carbonyl (C=O) groups is 1. The Kier molecular flexibility index (Phi) is 6.58. The molecule has 0 saturated heterocycles. The Morgan fingerprint density at radius 3 is 2.56 bits per heavy atom. The molecule has 0 aliphatic rings. The summed E-state index contributed by atoms with van der Waals surface area (Å²) in [4.78, 5) is 12.8. The molecule has 0 aromatic rings. The van der Waals surface area contributed by atoms with Crippen LogP contribution in [0, 0.1) is 12.3 Å². The first-order chi connectivity index (χ1) is 7.40. The monoisotopic (exact) mass is 236 g/mol. The van der Waals surface area contributed by atoms with Crippen LogP contribution >= 0.6 is 0 Å². The minimum absolute atomic E-state index is 0.125. The van der Waals surface area contributed by atoms with Crippen LogP contribution in [0.4, 0.5) is 13.2 Å². The van der Waals surface area contributed by atoms with Crippen molar-refractivity contribution >= 4 is 5.91 Å². The highest BCUT2D eigenvalue weighted by atomic mass is 19.4. The molecule has 6 heteroatoms. The largest absolute Gasteiger partial charge is 0.401 e. The van der Waals surface area contributed by atoms with Crippen molar-refractivity contribution in [1.29, 1.82) is 0 Å². The third kappa shape index (κ3) is 7.12. The fraction of sp³-hybridized carbons (Fsp3) is 0.700. The molecule has 0 rings (SSSR count). The van der Waals surface area contributed by atoms with E-state index in [1.165, 1.54) is 4.90 Å². The fourth-order valence-corrected chi connectivity index (χ4v) is 1.10. The van der Waals surface area contributed by atoms with E-state index in [2.05, 4.69) is 5.92 Å². The van der Waals surface area contributed by atoms with Crippen LogP contribution in [0.25, 0.3) is 0 Å². The normalized spacial score (nSPS) is 10.9. The van der Waals surface area contributed by atoms with Crippen LogP contribution < -0.4 is 5.32 Å². The number of nitrogens with zero attached hydrogens (tertiary/aromatic N) is 1. The quantitative estimate of drug-likeness (QED) is 0.698. The van der Waals surface area contributed by atoms with Gasteiger partial charge in [-0.15, -0.1) is 6.42 Å². The lowest BCUT2D eigenvalue weighted by Gasteiger charge is -2.19. The summed E-state index contributed by atoms with van der Waals surface area (Å²) in [7, 11) is 0. The number of hydrogen-bond donors (Lipinski definition) is 1. The number of nitrogens with one attached hydrogen (secondary N) is 1. The zero-order chi connectivity index (χ0) is 12.6. The van der Waals surface area contributed by atoms with E-state index >= 15 is 0 Å². The predicted molar refractivity (Wildman–Crippen MR) is 54.6 cm³/mol. The van der Waals surface area contributed by atoms with Gasteiger partial charge in [-0.2, -0.15) is 13.2 Å². The lowest BCUT2D eigenvalue weighted by Crippen LogP contribution is -2.41. The number of alkyl halides is 3. The van der Waals surface area contributed by atoms with Gasteiger partial charge in [0, 0.05) is 6.54 Å². The number of carbonyl (C=O) groups excluding carboxylic acids is 1. The van der Waals surface area contributed by atoms with Crippen LogP contribution in [0.15, 0.2) is 0 Å². The smallest absolute Gasteiger partial charge is 0.330 e. The van der Waals surface area contributed by atoms with Crippen LogP contribution in [0.1, 0.15) is 13.3 Å². The average Bonchev–Trinajstić information content (AvgIpc) is 2.15. The first-order valence-corrected chi connectivity index (χ1v) is 4.89. The molecule has 0 saturated carbocycles. The van der Waals surface area contributed by atoms with Crippen molar-refractivity contribution in [2.24, 2.45) is 0 Å². The highest BCUT2D eigenvalue weighted by Gasteiger charge is 2.26. The average molecular weight is 236 g/mol. The molecule has 0 aliphatic heterocycles. The minimum atomic E-state index is -4.30. The molecular weight excluding hydrogens is 221 g/mol. The predicted octanol–water partition coefficient (Wildman–Crippen LogP) is 1.01. The molecule has 1 amide bonds. The van der Waals surface area contributed by atoms with E-state index in [1.54, 1.807) is 0 Å². The van der Waals surface area contributed by atoms with Gasteiger partial charge >= 0.3 is 6.18 Å². The van der Waals surface area contributed by atoms with Crippen LogP contribution in [0.5, 0.6) is 0 Å². The summed E-state index contributed by atoms with van der Waals surface area (Å²) in [5, 5.41) is 2.04. The van der Waals surface area contributed by atoms with Crippen molar-refractivity contribution in [2.45, 2.75) is 19.5 Å². The van der Waals surface area contributed by atoms with E-state index in [0.717, 1.165) is 0 Å². The zero-order valence-corrected chi connectivity index (χ0v) is 9.10. The molecule has 0 atom stereocenters. The highest BCUT2D eigenvalue weighted by Crippen LogP contribution is 2.11. The molecule has 0 aromatic heterocycles. The van der Waals surface area contributed by atoms with Crippen molar-refractivity contribution in [2.75, 3.05) is 26.2 Å². The molecule has 0 heterocycles. The summed E-state index contributed by atoms with van der Waals surface area (Å²) in [6.45, 7) is 0.924. The van der Waals surface area contributed by atoms with Gasteiger partial charge in [-0.25, -0.2) is 0 Å². The molecule has 92 valence electrons. The number of hydrogen-bond acceptors (Lipinski definition) is 2. The van der Waals surface area contributed by atoms with Crippen molar-refractivity contribution in [3.05, 3.63) is 0 Å². The van der Waals surface area contributed by atoms with Gasteiger partial charge in [-0.05, 0) is 6.42 Å². The Balaban J connectivity index is 3.97. The number of halogens is 3. The summed E-state index contributed by atoms with van der Waals surface area (Å²) in [6.07, 6.45) is 1.46. The molecule has 0 unspecified atom stereocenters. The summed E-state index contributed by atoms with van der Waals surface area (Å²) in [5.74, 6) is 1.88. The number of amides is 1. The molecular formula is C10H15F3N2O. The Bertz CT molecular complexity index is 258. The number of rotatable bonds is 6. The van der Waals surface area contributed by atoms with Gasteiger partial charge in [0.1, 0.15) is 0 Å². The fourth-order valence-electron chi connectivity index (χ4n) is 1.10. The van der Waals surface area contributed by atoms with Crippen molar-refractivity contribution in [3.63, 3.8) is 0 Å². The molecule has 1 N–H and O–H groups in total. The van der Waals surface area contributed by atoms with E-state index in [9.17, 15) is 18.0 Å². The standard InChI is InChI=1S/C10H15F3N2O/c1-3-5-15(6-4-2)9(16)7-14-8-10(11,12)13/h1,14H,4-8H2,2H3. The van der Waals surface area contributed by atoms with Gasteiger partial charge in [0.15, 0.2) is 0 Å². The number of terminal acetylenes is 1. The van der Waals surface area contributed by atoms with Gasteiger partial charge in [0.2, 0.25) is 5.91 Å². The van der Waals surface area contributed by atoms with Crippen LogP contribution in [0.2, 0.25) is 0 Å². The first kappa shape index (κ1) is 14.8. The molecule has 3 nitrogen and oxygen atoms in total.